The zero-order valence-electron chi connectivity index (χ0n) is 11.8. The molecular weight excluding hydrogens is 244 g/mol. The van der Waals surface area contributed by atoms with Crippen LogP contribution in [0.4, 0.5) is 4.79 Å². The molecule has 1 aliphatic heterocycles. The van der Waals surface area contributed by atoms with E-state index in [9.17, 15) is 9.90 Å². The summed E-state index contributed by atoms with van der Waals surface area (Å²) in [5.41, 5.74) is -1.38. The van der Waals surface area contributed by atoms with Crippen molar-refractivity contribution in [1.29, 1.82) is 0 Å². The number of hydrogen-bond donors (Lipinski definition) is 1. The van der Waals surface area contributed by atoms with E-state index in [2.05, 4.69) is 0 Å². The van der Waals surface area contributed by atoms with Crippen LogP contribution in [0.25, 0.3) is 0 Å². The number of amides is 1. The predicted molar refractivity (Wildman–Crippen MR) is 71.2 cm³/mol. The third-order valence-electron chi connectivity index (χ3n) is 3.68. The van der Waals surface area contributed by atoms with Crippen molar-refractivity contribution in [3.05, 3.63) is 35.9 Å². The summed E-state index contributed by atoms with van der Waals surface area (Å²) < 4.78 is 5.44. The van der Waals surface area contributed by atoms with Gasteiger partial charge in [0.25, 0.3) is 0 Å². The van der Waals surface area contributed by atoms with Gasteiger partial charge in [-0.1, -0.05) is 30.3 Å². The van der Waals surface area contributed by atoms with E-state index in [1.54, 1.807) is 33.0 Å². The second-order valence-corrected chi connectivity index (χ2v) is 5.44. The molecule has 0 aromatic heterocycles. The van der Waals surface area contributed by atoms with Gasteiger partial charge >= 0.3 is 6.09 Å². The van der Waals surface area contributed by atoms with Gasteiger partial charge in [-0.3, -0.25) is 0 Å². The van der Waals surface area contributed by atoms with Gasteiger partial charge in [-0.25, -0.2) is 14.8 Å². The van der Waals surface area contributed by atoms with Crippen LogP contribution in [0.1, 0.15) is 19.4 Å². The number of rotatable bonds is 3. The van der Waals surface area contributed by atoms with Gasteiger partial charge in [0.05, 0.1) is 0 Å². The lowest BCUT2D eigenvalue weighted by molar-refractivity contribution is -0.182. The highest BCUT2D eigenvalue weighted by Gasteiger charge is 2.60. The van der Waals surface area contributed by atoms with Crippen LogP contribution >= 0.6 is 0 Å². The van der Waals surface area contributed by atoms with Gasteiger partial charge in [0.1, 0.15) is 0 Å². The Morgan fingerprint density at radius 1 is 1.26 bits per heavy atom. The molecule has 0 unspecified atom stereocenters. The van der Waals surface area contributed by atoms with Crippen molar-refractivity contribution in [2.45, 2.75) is 31.6 Å². The zero-order chi connectivity index (χ0) is 14.3. The van der Waals surface area contributed by atoms with Crippen molar-refractivity contribution in [3.8, 4) is 0 Å². The average molecular weight is 264 g/mol. The fourth-order valence-electron chi connectivity index (χ4n) is 2.48. The van der Waals surface area contributed by atoms with Crippen LogP contribution in [0, 0.1) is 0 Å². The third-order valence-corrected chi connectivity index (χ3v) is 3.68. The molecule has 0 spiro atoms. The average Bonchev–Trinajstić information content (AvgIpc) is 2.45. The first-order chi connectivity index (χ1) is 8.78. The standard InChI is InChI=1S/C14H20N2O3/c1-13(10-11-8-6-5-7-9-11)14(2,18)16(15(3)4)12(17)19-13/h5-9,18H,10H2,1-4H3/t13-,14-/m0/s1. The quantitative estimate of drug-likeness (QED) is 0.901. The van der Waals surface area contributed by atoms with Gasteiger partial charge in [-0.15, -0.1) is 0 Å². The molecule has 2 atom stereocenters. The topological polar surface area (TPSA) is 53.0 Å². The van der Waals surface area contributed by atoms with Crippen LogP contribution in [-0.4, -0.2) is 46.6 Å². The number of cyclic esters (lactones) is 1. The molecule has 0 bridgehead atoms. The molecule has 0 radical (unpaired) electrons. The molecule has 1 aromatic carbocycles. The van der Waals surface area contributed by atoms with Crippen LogP contribution in [0.5, 0.6) is 0 Å². The number of ether oxygens (including phenoxy) is 1. The molecular formula is C14H20N2O3. The molecule has 0 aliphatic carbocycles. The Morgan fingerprint density at radius 3 is 2.32 bits per heavy atom. The second-order valence-electron chi connectivity index (χ2n) is 5.44. The smallest absolute Gasteiger partial charge is 0.427 e. The summed E-state index contributed by atoms with van der Waals surface area (Å²) in [6, 6.07) is 9.68. The second kappa shape index (κ2) is 4.51. The lowest BCUT2D eigenvalue weighted by Crippen LogP contribution is -2.59. The Bertz CT molecular complexity index is 473. The molecule has 1 fully saturated rings. The number of carbonyl (C=O) groups is 1. The van der Waals surface area contributed by atoms with Gasteiger partial charge in [0, 0.05) is 20.5 Å². The van der Waals surface area contributed by atoms with Gasteiger partial charge in [-0.05, 0) is 19.4 Å². The maximum atomic E-state index is 11.9. The first-order valence-electron chi connectivity index (χ1n) is 6.25. The number of carbonyl (C=O) groups excluding carboxylic acids is 1. The van der Waals surface area contributed by atoms with E-state index < -0.39 is 17.4 Å². The van der Waals surface area contributed by atoms with Crippen LogP contribution in [0.2, 0.25) is 0 Å². The van der Waals surface area contributed by atoms with E-state index in [0.717, 1.165) is 5.56 Å². The van der Waals surface area contributed by atoms with Gasteiger partial charge in [0.2, 0.25) is 0 Å². The number of hydrazine groups is 1. The molecule has 1 heterocycles. The Kier molecular flexibility index (Phi) is 3.28. The summed E-state index contributed by atoms with van der Waals surface area (Å²) in [6.45, 7) is 3.35. The third kappa shape index (κ3) is 2.19. The molecule has 1 aromatic rings. The van der Waals surface area contributed by atoms with Crippen molar-refractivity contribution in [2.24, 2.45) is 0 Å². The Labute approximate surface area is 113 Å². The molecule has 1 amide bonds. The molecule has 5 nitrogen and oxygen atoms in total. The molecule has 1 aliphatic rings. The number of benzene rings is 1. The Balaban J connectivity index is 2.31. The van der Waals surface area contributed by atoms with Crippen molar-refractivity contribution < 1.29 is 14.6 Å². The van der Waals surface area contributed by atoms with Crippen molar-refractivity contribution in [3.63, 3.8) is 0 Å². The fourth-order valence-corrected chi connectivity index (χ4v) is 2.48. The van der Waals surface area contributed by atoms with E-state index in [0.29, 0.717) is 6.42 Å². The number of hydrogen-bond acceptors (Lipinski definition) is 4. The van der Waals surface area contributed by atoms with Crippen molar-refractivity contribution >= 4 is 6.09 Å². The zero-order valence-corrected chi connectivity index (χ0v) is 11.8. The highest BCUT2D eigenvalue weighted by molar-refractivity contribution is 5.71. The normalized spacial score (nSPS) is 30.8. The lowest BCUT2D eigenvalue weighted by atomic mass is 9.87. The van der Waals surface area contributed by atoms with Gasteiger partial charge in [-0.2, -0.15) is 0 Å². The fraction of sp³-hybridized carbons (Fsp3) is 0.500. The maximum absolute atomic E-state index is 11.9. The van der Waals surface area contributed by atoms with Gasteiger partial charge < -0.3 is 9.84 Å². The lowest BCUT2D eigenvalue weighted by Gasteiger charge is -2.39. The summed E-state index contributed by atoms with van der Waals surface area (Å²) in [5.74, 6) is 0. The molecule has 19 heavy (non-hydrogen) atoms. The highest BCUT2D eigenvalue weighted by atomic mass is 16.6. The number of nitrogens with zero attached hydrogens (tertiary/aromatic N) is 2. The molecule has 1 saturated heterocycles. The summed E-state index contributed by atoms with van der Waals surface area (Å²) in [4.78, 5) is 11.9. The minimum absolute atomic E-state index is 0.455. The minimum Gasteiger partial charge on any atom is -0.437 e. The van der Waals surface area contributed by atoms with E-state index in [4.69, 9.17) is 4.74 Å². The summed E-state index contributed by atoms with van der Waals surface area (Å²) in [5, 5.41) is 13.5. The van der Waals surface area contributed by atoms with Crippen LogP contribution < -0.4 is 0 Å². The van der Waals surface area contributed by atoms with Crippen molar-refractivity contribution in [1.82, 2.24) is 10.0 Å². The first-order valence-corrected chi connectivity index (χ1v) is 6.25. The Hall–Kier alpha value is -1.59. The molecule has 0 saturated carbocycles. The maximum Gasteiger partial charge on any atom is 0.427 e. The van der Waals surface area contributed by atoms with Gasteiger partial charge in [0.15, 0.2) is 11.3 Å². The molecule has 2 rings (SSSR count). The van der Waals surface area contributed by atoms with Crippen LogP contribution in [-0.2, 0) is 11.2 Å². The first kappa shape index (κ1) is 13.8. The molecule has 1 N–H and O–H groups in total. The van der Waals surface area contributed by atoms with E-state index in [-0.39, 0.29) is 0 Å². The minimum atomic E-state index is -1.40. The van der Waals surface area contributed by atoms with Crippen molar-refractivity contribution in [2.75, 3.05) is 14.1 Å². The van der Waals surface area contributed by atoms with Crippen LogP contribution in [0.3, 0.4) is 0 Å². The summed E-state index contributed by atoms with van der Waals surface area (Å²) >= 11 is 0. The Morgan fingerprint density at radius 2 is 1.84 bits per heavy atom. The van der Waals surface area contributed by atoms with E-state index in [1.165, 1.54) is 5.01 Å². The summed E-state index contributed by atoms with van der Waals surface area (Å²) in [7, 11) is 3.40. The van der Waals surface area contributed by atoms with Crippen LogP contribution in [0.15, 0.2) is 30.3 Å². The summed E-state index contributed by atoms with van der Waals surface area (Å²) in [6.07, 6.45) is -0.0786. The largest absolute Gasteiger partial charge is 0.437 e. The SMILES string of the molecule is CN(C)N1C(=O)O[C@@](C)(Cc2ccccc2)[C@]1(C)O. The highest BCUT2D eigenvalue weighted by Crippen LogP contribution is 2.40. The predicted octanol–water partition coefficient (Wildman–Crippen LogP) is 1.63. The van der Waals surface area contributed by atoms with E-state index in [1.807, 2.05) is 30.3 Å². The number of aliphatic hydroxyl groups is 1. The monoisotopic (exact) mass is 264 g/mol. The van der Waals surface area contributed by atoms with E-state index >= 15 is 0 Å². The molecule has 104 valence electrons. The molecule has 5 heteroatoms.